The van der Waals surface area contributed by atoms with Gasteiger partial charge in [-0.05, 0) is 37.8 Å². The van der Waals surface area contributed by atoms with Crippen molar-refractivity contribution in [3.8, 4) is 0 Å². The number of hydrogen-bond acceptors (Lipinski definition) is 6. The summed E-state index contributed by atoms with van der Waals surface area (Å²) in [5, 5.41) is 0. The van der Waals surface area contributed by atoms with Gasteiger partial charge in [-0.1, -0.05) is 0 Å². The average molecular weight is 314 g/mol. The monoisotopic (exact) mass is 314 g/mol. The molecule has 8 heteroatoms. The standard InChI is InChI=1S/C13H22N4O3S/c1-10(11-5-6-11)17(8-9-20-2)21(18,19)12-4-3-7-15-13(12)16-14/h3-4,7,10-11H,5-6,8-9,14H2,1-2H3,(H,15,16). The third-order valence-electron chi connectivity index (χ3n) is 3.77. The summed E-state index contributed by atoms with van der Waals surface area (Å²) in [6.07, 6.45) is 3.63. The van der Waals surface area contributed by atoms with Crippen LogP contribution in [0.25, 0.3) is 0 Å². The number of nitrogens with zero attached hydrogens (tertiary/aromatic N) is 2. The van der Waals surface area contributed by atoms with Crippen LogP contribution in [0, 0.1) is 5.92 Å². The molecule has 1 heterocycles. The first-order valence-electron chi connectivity index (χ1n) is 6.94. The SMILES string of the molecule is COCCN(C(C)C1CC1)S(=O)(=O)c1cccnc1NN. The molecule has 1 saturated carbocycles. The van der Waals surface area contributed by atoms with E-state index in [1.165, 1.54) is 16.6 Å². The maximum Gasteiger partial charge on any atom is 0.247 e. The molecule has 1 atom stereocenters. The van der Waals surface area contributed by atoms with Gasteiger partial charge in [-0.25, -0.2) is 19.2 Å². The van der Waals surface area contributed by atoms with Gasteiger partial charge in [0.1, 0.15) is 4.90 Å². The second-order valence-electron chi connectivity index (χ2n) is 5.18. The molecular formula is C13H22N4O3S. The smallest absolute Gasteiger partial charge is 0.247 e. The van der Waals surface area contributed by atoms with Crippen LogP contribution < -0.4 is 11.3 Å². The van der Waals surface area contributed by atoms with E-state index in [2.05, 4.69) is 10.4 Å². The number of nitrogens with one attached hydrogen (secondary N) is 1. The molecule has 0 aromatic carbocycles. The molecule has 3 N–H and O–H groups in total. The molecule has 0 saturated heterocycles. The average Bonchev–Trinajstić information content (AvgIpc) is 3.31. The minimum absolute atomic E-state index is 0.0593. The van der Waals surface area contributed by atoms with Gasteiger partial charge >= 0.3 is 0 Å². The molecule has 0 radical (unpaired) electrons. The fraction of sp³-hybridized carbons (Fsp3) is 0.615. The molecule has 1 aliphatic carbocycles. The largest absolute Gasteiger partial charge is 0.383 e. The summed E-state index contributed by atoms with van der Waals surface area (Å²) in [4.78, 5) is 4.07. The van der Waals surface area contributed by atoms with Crippen molar-refractivity contribution in [2.24, 2.45) is 11.8 Å². The number of aromatic nitrogens is 1. The summed E-state index contributed by atoms with van der Waals surface area (Å²) in [7, 11) is -2.11. The predicted octanol–water partition coefficient (Wildman–Crippen LogP) is 0.803. The highest BCUT2D eigenvalue weighted by Crippen LogP contribution is 2.37. The van der Waals surface area contributed by atoms with Crippen LogP contribution in [0.2, 0.25) is 0 Å². The van der Waals surface area contributed by atoms with Crippen molar-refractivity contribution in [1.82, 2.24) is 9.29 Å². The Bertz CT molecular complexity index is 575. The first kappa shape index (κ1) is 16.2. The predicted molar refractivity (Wildman–Crippen MR) is 80.0 cm³/mol. The number of rotatable bonds is 8. The molecule has 1 unspecified atom stereocenters. The number of pyridine rings is 1. The van der Waals surface area contributed by atoms with Crippen LogP contribution >= 0.6 is 0 Å². The van der Waals surface area contributed by atoms with E-state index in [0.29, 0.717) is 19.1 Å². The van der Waals surface area contributed by atoms with Crippen LogP contribution in [-0.4, -0.2) is 44.0 Å². The lowest BCUT2D eigenvalue weighted by Crippen LogP contribution is -2.42. The molecule has 7 nitrogen and oxygen atoms in total. The summed E-state index contributed by atoms with van der Waals surface area (Å²) >= 11 is 0. The maximum absolute atomic E-state index is 12.9. The lowest BCUT2D eigenvalue weighted by Gasteiger charge is -2.28. The van der Waals surface area contributed by atoms with Crippen LogP contribution in [0.15, 0.2) is 23.2 Å². The second-order valence-corrected chi connectivity index (χ2v) is 7.04. The van der Waals surface area contributed by atoms with Gasteiger partial charge in [-0.3, -0.25) is 0 Å². The zero-order valence-electron chi connectivity index (χ0n) is 12.3. The Hall–Kier alpha value is -1.22. The van der Waals surface area contributed by atoms with E-state index in [4.69, 9.17) is 10.6 Å². The molecule has 0 bridgehead atoms. The Morgan fingerprint density at radius 1 is 1.57 bits per heavy atom. The molecule has 0 aliphatic heterocycles. The highest BCUT2D eigenvalue weighted by molar-refractivity contribution is 7.89. The van der Waals surface area contributed by atoms with Gasteiger partial charge in [0.15, 0.2) is 5.82 Å². The second kappa shape index (κ2) is 6.69. The van der Waals surface area contributed by atoms with Crippen molar-refractivity contribution in [3.05, 3.63) is 18.3 Å². The van der Waals surface area contributed by atoms with Crippen molar-refractivity contribution in [3.63, 3.8) is 0 Å². The Labute approximate surface area is 125 Å². The van der Waals surface area contributed by atoms with E-state index in [1.807, 2.05) is 6.92 Å². The van der Waals surface area contributed by atoms with Crippen LogP contribution in [0.5, 0.6) is 0 Å². The number of methoxy groups -OCH3 is 1. The number of sulfonamides is 1. The quantitative estimate of drug-likeness (QED) is 0.544. The van der Waals surface area contributed by atoms with Crippen molar-refractivity contribution in [2.45, 2.75) is 30.7 Å². The Morgan fingerprint density at radius 2 is 2.29 bits per heavy atom. The van der Waals surface area contributed by atoms with Crippen molar-refractivity contribution >= 4 is 15.8 Å². The lowest BCUT2D eigenvalue weighted by atomic mass is 10.2. The summed E-state index contributed by atoms with van der Waals surface area (Å²) in [6, 6.07) is 3.04. The Balaban J connectivity index is 2.35. The third-order valence-corrected chi connectivity index (χ3v) is 5.79. The topological polar surface area (TPSA) is 97.5 Å². The Morgan fingerprint density at radius 3 is 2.86 bits per heavy atom. The molecular weight excluding hydrogens is 292 g/mol. The summed E-state index contributed by atoms with van der Waals surface area (Å²) in [5.74, 6) is 5.95. The van der Waals surface area contributed by atoms with E-state index in [-0.39, 0.29) is 16.8 Å². The fourth-order valence-electron chi connectivity index (χ4n) is 2.37. The zero-order chi connectivity index (χ0) is 15.5. The van der Waals surface area contributed by atoms with Crippen LogP contribution in [-0.2, 0) is 14.8 Å². The molecule has 0 amide bonds. The lowest BCUT2D eigenvalue weighted by molar-refractivity contribution is 0.164. The number of hydrazine groups is 1. The molecule has 2 rings (SSSR count). The van der Waals surface area contributed by atoms with E-state index < -0.39 is 10.0 Å². The first-order valence-corrected chi connectivity index (χ1v) is 8.38. The fourth-order valence-corrected chi connectivity index (χ4v) is 4.16. The van der Waals surface area contributed by atoms with E-state index >= 15 is 0 Å². The highest BCUT2D eigenvalue weighted by Gasteiger charge is 2.39. The molecule has 118 valence electrons. The van der Waals surface area contributed by atoms with Gasteiger partial charge in [0.25, 0.3) is 0 Å². The van der Waals surface area contributed by atoms with Gasteiger partial charge in [-0.2, -0.15) is 4.31 Å². The van der Waals surface area contributed by atoms with E-state index in [0.717, 1.165) is 12.8 Å². The first-order chi connectivity index (χ1) is 10.0. The Kier molecular flexibility index (Phi) is 5.15. The van der Waals surface area contributed by atoms with Crippen LogP contribution in [0.4, 0.5) is 5.82 Å². The molecule has 1 aromatic heterocycles. The van der Waals surface area contributed by atoms with Crippen LogP contribution in [0.1, 0.15) is 19.8 Å². The molecule has 0 spiro atoms. The van der Waals surface area contributed by atoms with Gasteiger partial charge in [0.05, 0.1) is 6.61 Å². The van der Waals surface area contributed by atoms with Gasteiger partial charge in [-0.15, -0.1) is 0 Å². The van der Waals surface area contributed by atoms with E-state index in [1.54, 1.807) is 13.2 Å². The molecule has 1 aromatic rings. The van der Waals surface area contributed by atoms with Gasteiger partial charge in [0, 0.05) is 25.9 Å². The minimum atomic E-state index is -3.67. The number of ether oxygens (including phenoxy) is 1. The van der Waals surface area contributed by atoms with Crippen LogP contribution in [0.3, 0.4) is 0 Å². The summed E-state index contributed by atoms with van der Waals surface area (Å²) < 4.78 is 32.4. The molecule has 1 aliphatic rings. The van der Waals surface area contributed by atoms with E-state index in [9.17, 15) is 8.42 Å². The summed E-state index contributed by atoms with van der Waals surface area (Å²) in [6.45, 7) is 2.61. The number of nitrogen functional groups attached to an aromatic ring is 1. The number of nitrogens with two attached hydrogens (primary N) is 1. The van der Waals surface area contributed by atoms with Crippen molar-refractivity contribution in [1.29, 1.82) is 0 Å². The normalized spacial score (nSPS) is 17.0. The molecule has 1 fully saturated rings. The maximum atomic E-state index is 12.9. The third kappa shape index (κ3) is 3.52. The zero-order valence-corrected chi connectivity index (χ0v) is 13.1. The number of hydrogen-bond donors (Lipinski definition) is 2. The van der Waals surface area contributed by atoms with Gasteiger partial charge < -0.3 is 10.2 Å². The van der Waals surface area contributed by atoms with Gasteiger partial charge in [0.2, 0.25) is 10.0 Å². The minimum Gasteiger partial charge on any atom is -0.383 e. The summed E-state index contributed by atoms with van der Waals surface area (Å²) in [5.41, 5.74) is 2.35. The number of anilines is 1. The molecule has 21 heavy (non-hydrogen) atoms. The van der Waals surface area contributed by atoms with Crippen molar-refractivity contribution < 1.29 is 13.2 Å². The highest BCUT2D eigenvalue weighted by atomic mass is 32.2. The van der Waals surface area contributed by atoms with Crippen molar-refractivity contribution in [2.75, 3.05) is 25.7 Å².